The van der Waals surface area contributed by atoms with E-state index >= 15 is 0 Å². The van der Waals surface area contributed by atoms with Crippen molar-refractivity contribution in [3.63, 3.8) is 0 Å². The SMILES string of the molecule is NC(=O)c1cnn2cccc2c1NC1C2CC3CC1CC(O)(C3)C2. The second-order valence-electron chi connectivity index (χ2n) is 8.00. The van der Waals surface area contributed by atoms with E-state index in [0.29, 0.717) is 29.4 Å². The maximum atomic E-state index is 11.9. The molecule has 6 heteroatoms. The van der Waals surface area contributed by atoms with Crippen molar-refractivity contribution in [2.45, 2.75) is 43.7 Å². The van der Waals surface area contributed by atoms with Crippen LogP contribution in [-0.2, 0) is 0 Å². The summed E-state index contributed by atoms with van der Waals surface area (Å²) >= 11 is 0. The molecule has 0 saturated heterocycles. The van der Waals surface area contributed by atoms with Gasteiger partial charge in [-0.15, -0.1) is 0 Å². The van der Waals surface area contributed by atoms with Crippen molar-refractivity contribution >= 4 is 17.1 Å². The van der Waals surface area contributed by atoms with Gasteiger partial charge in [-0.05, 0) is 62.0 Å². The Hall–Kier alpha value is -2.08. The minimum atomic E-state index is -0.462. The number of aromatic nitrogens is 2. The smallest absolute Gasteiger partial charge is 0.252 e. The van der Waals surface area contributed by atoms with Crippen LogP contribution in [0.2, 0.25) is 0 Å². The minimum absolute atomic E-state index is 0.293. The molecule has 2 unspecified atom stereocenters. The molecule has 0 radical (unpaired) electrons. The molecule has 4 N–H and O–H groups in total. The molecule has 126 valence electrons. The van der Waals surface area contributed by atoms with Crippen molar-refractivity contribution in [3.8, 4) is 0 Å². The van der Waals surface area contributed by atoms with Crippen molar-refractivity contribution in [2.75, 3.05) is 5.32 Å². The van der Waals surface area contributed by atoms with Gasteiger partial charge in [-0.3, -0.25) is 4.79 Å². The number of aliphatic hydroxyl groups is 1. The zero-order valence-electron chi connectivity index (χ0n) is 13.5. The summed E-state index contributed by atoms with van der Waals surface area (Å²) in [6, 6.07) is 4.16. The number of primary amides is 1. The number of nitrogens with two attached hydrogens (primary N) is 1. The fraction of sp³-hybridized carbons (Fsp3) is 0.556. The first-order valence-corrected chi connectivity index (χ1v) is 8.77. The molecule has 24 heavy (non-hydrogen) atoms. The van der Waals surface area contributed by atoms with Crippen molar-refractivity contribution in [3.05, 3.63) is 30.1 Å². The maximum Gasteiger partial charge on any atom is 0.252 e. The van der Waals surface area contributed by atoms with Crippen LogP contribution in [0.4, 0.5) is 5.69 Å². The van der Waals surface area contributed by atoms with Crippen LogP contribution in [0.15, 0.2) is 24.5 Å². The molecule has 1 amide bonds. The van der Waals surface area contributed by atoms with Crippen LogP contribution >= 0.6 is 0 Å². The maximum absolute atomic E-state index is 11.9. The Morgan fingerprint density at radius 3 is 2.75 bits per heavy atom. The van der Waals surface area contributed by atoms with E-state index in [1.807, 2.05) is 18.3 Å². The number of anilines is 1. The number of hydrogen-bond acceptors (Lipinski definition) is 4. The predicted octanol–water partition coefficient (Wildman–Crippen LogP) is 1.78. The van der Waals surface area contributed by atoms with Gasteiger partial charge in [-0.2, -0.15) is 5.10 Å². The molecular weight excluding hydrogens is 304 g/mol. The normalized spacial score (nSPS) is 37.0. The molecule has 6 nitrogen and oxygen atoms in total. The monoisotopic (exact) mass is 326 g/mol. The third kappa shape index (κ3) is 1.99. The summed E-state index contributed by atoms with van der Waals surface area (Å²) in [7, 11) is 0. The molecule has 4 fully saturated rings. The summed E-state index contributed by atoms with van der Waals surface area (Å²) in [4.78, 5) is 11.9. The first-order valence-electron chi connectivity index (χ1n) is 8.77. The molecule has 4 aliphatic rings. The Labute approximate surface area is 140 Å². The number of carbonyl (C=O) groups excluding carboxylic acids is 1. The van der Waals surface area contributed by atoms with Crippen LogP contribution in [0.1, 0.15) is 42.5 Å². The predicted molar refractivity (Wildman–Crippen MR) is 89.6 cm³/mol. The lowest BCUT2D eigenvalue weighted by molar-refractivity contribution is -0.129. The number of fused-ring (bicyclic) bond motifs is 1. The zero-order chi connectivity index (χ0) is 16.5. The van der Waals surface area contributed by atoms with Crippen LogP contribution in [0.25, 0.3) is 5.52 Å². The largest absolute Gasteiger partial charge is 0.390 e. The van der Waals surface area contributed by atoms with Gasteiger partial charge in [0.2, 0.25) is 0 Å². The van der Waals surface area contributed by atoms with E-state index in [2.05, 4.69) is 10.4 Å². The van der Waals surface area contributed by atoms with Gasteiger partial charge in [0.05, 0.1) is 28.6 Å². The summed E-state index contributed by atoms with van der Waals surface area (Å²) in [5, 5.41) is 18.7. The molecule has 2 atom stereocenters. The minimum Gasteiger partial charge on any atom is -0.390 e. The molecule has 0 aliphatic heterocycles. The quantitative estimate of drug-likeness (QED) is 0.801. The fourth-order valence-corrected chi connectivity index (χ4v) is 5.72. The van der Waals surface area contributed by atoms with Crippen LogP contribution < -0.4 is 11.1 Å². The molecule has 6 rings (SSSR count). The molecule has 0 spiro atoms. The number of nitrogens with one attached hydrogen (secondary N) is 1. The Bertz CT molecular complexity index is 814. The van der Waals surface area contributed by atoms with Crippen molar-refractivity contribution < 1.29 is 9.90 Å². The van der Waals surface area contributed by atoms with Crippen molar-refractivity contribution in [1.29, 1.82) is 0 Å². The van der Waals surface area contributed by atoms with Gasteiger partial charge in [-0.25, -0.2) is 4.52 Å². The molecule has 0 aromatic carbocycles. The highest BCUT2D eigenvalue weighted by Gasteiger charge is 2.54. The topological polar surface area (TPSA) is 92.7 Å². The van der Waals surface area contributed by atoms with Gasteiger partial charge in [-0.1, -0.05) is 0 Å². The van der Waals surface area contributed by atoms with E-state index in [1.165, 1.54) is 12.8 Å². The van der Waals surface area contributed by atoms with E-state index in [9.17, 15) is 9.90 Å². The Balaban J connectivity index is 1.54. The van der Waals surface area contributed by atoms with Crippen molar-refractivity contribution in [1.82, 2.24) is 9.61 Å². The lowest BCUT2D eigenvalue weighted by Crippen LogP contribution is -2.59. The average molecular weight is 326 g/mol. The highest BCUT2D eigenvalue weighted by Crippen LogP contribution is 2.56. The summed E-state index contributed by atoms with van der Waals surface area (Å²) in [5.74, 6) is 1.12. The summed E-state index contributed by atoms with van der Waals surface area (Å²) in [6.45, 7) is 0. The van der Waals surface area contributed by atoms with Gasteiger partial charge >= 0.3 is 0 Å². The molecule has 2 heterocycles. The van der Waals surface area contributed by atoms with Crippen molar-refractivity contribution in [2.24, 2.45) is 23.5 Å². The van der Waals surface area contributed by atoms with Crippen LogP contribution in [0.5, 0.6) is 0 Å². The van der Waals surface area contributed by atoms with Gasteiger partial charge in [0, 0.05) is 12.2 Å². The number of hydrogen-bond donors (Lipinski definition) is 3. The van der Waals surface area contributed by atoms with E-state index in [4.69, 9.17) is 5.73 Å². The Kier molecular flexibility index (Phi) is 2.81. The van der Waals surface area contributed by atoms with Crippen LogP contribution in [0, 0.1) is 17.8 Å². The molecular formula is C18H22N4O2. The molecule has 4 aliphatic carbocycles. The highest BCUT2D eigenvalue weighted by molar-refractivity contribution is 6.01. The Morgan fingerprint density at radius 1 is 1.33 bits per heavy atom. The zero-order valence-corrected chi connectivity index (χ0v) is 13.5. The summed E-state index contributed by atoms with van der Waals surface area (Å²) < 4.78 is 1.76. The van der Waals surface area contributed by atoms with Gasteiger partial charge in [0.1, 0.15) is 0 Å². The fourth-order valence-electron chi connectivity index (χ4n) is 5.72. The van der Waals surface area contributed by atoms with Crippen LogP contribution in [0.3, 0.4) is 0 Å². The standard InChI is InChI=1S/C18H22N4O2/c19-17(23)13-9-20-22-3-1-2-14(22)16(13)21-15-11-4-10-5-12(15)8-18(24,6-10)7-11/h1-3,9-12,15,21,24H,4-8H2,(H2,19,23). The van der Waals surface area contributed by atoms with Crippen LogP contribution in [-0.4, -0.2) is 32.3 Å². The van der Waals surface area contributed by atoms with Gasteiger partial charge in [0.25, 0.3) is 5.91 Å². The van der Waals surface area contributed by atoms with Gasteiger partial charge in [0.15, 0.2) is 0 Å². The van der Waals surface area contributed by atoms with Gasteiger partial charge < -0.3 is 16.2 Å². The Morgan fingerprint density at radius 2 is 2.08 bits per heavy atom. The number of amides is 1. The summed E-state index contributed by atoms with van der Waals surface area (Å²) in [6.07, 6.45) is 8.46. The van der Waals surface area contributed by atoms with E-state index in [-0.39, 0.29) is 0 Å². The second-order valence-corrected chi connectivity index (χ2v) is 8.00. The number of rotatable bonds is 3. The third-order valence-electron chi connectivity index (χ3n) is 6.38. The molecule has 2 aromatic heterocycles. The molecule has 4 bridgehead atoms. The highest BCUT2D eigenvalue weighted by atomic mass is 16.3. The third-order valence-corrected chi connectivity index (χ3v) is 6.38. The lowest BCUT2D eigenvalue weighted by Gasteiger charge is -2.58. The lowest BCUT2D eigenvalue weighted by atomic mass is 9.52. The number of nitrogens with zero attached hydrogens (tertiary/aromatic N) is 2. The first kappa shape index (κ1) is 14.3. The second kappa shape index (κ2) is 4.72. The van der Waals surface area contributed by atoms with E-state index < -0.39 is 11.5 Å². The first-order chi connectivity index (χ1) is 11.5. The summed E-state index contributed by atoms with van der Waals surface area (Å²) in [5.41, 5.74) is 7.22. The molecule has 2 aromatic rings. The average Bonchev–Trinajstić information content (AvgIpc) is 2.97. The molecule has 4 saturated carbocycles. The number of carbonyl (C=O) groups is 1. The van der Waals surface area contributed by atoms with E-state index in [0.717, 1.165) is 30.5 Å². The van der Waals surface area contributed by atoms with E-state index in [1.54, 1.807) is 10.7 Å².